The zero-order valence-electron chi connectivity index (χ0n) is 21.2. The number of piperidine rings is 1. The first-order valence-electron chi connectivity index (χ1n) is 12.3. The Balaban J connectivity index is 1.82. The Bertz CT molecular complexity index is 859. The number of likely N-dealkylation sites (tertiary alicyclic amines) is 1. The zero-order chi connectivity index (χ0) is 23.8. The second-order valence-electron chi connectivity index (χ2n) is 9.77. The lowest BCUT2D eigenvalue weighted by molar-refractivity contribution is 0.0600. The average molecular weight is 454 g/mol. The van der Waals surface area contributed by atoms with Gasteiger partial charge in [-0.25, -0.2) is 0 Å². The van der Waals surface area contributed by atoms with Crippen molar-refractivity contribution in [1.29, 1.82) is 0 Å². The van der Waals surface area contributed by atoms with Crippen LogP contribution in [0.3, 0.4) is 0 Å². The molecule has 2 aromatic carbocycles. The van der Waals surface area contributed by atoms with E-state index in [-0.39, 0.29) is 5.41 Å². The quantitative estimate of drug-likeness (QED) is 0.541. The van der Waals surface area contributed by atoms with Gasteiger partial charge in [-0.15, -0.1) is 0 Å². The van der Waals surface area contributed by atoms with Gasteiger partial charge in [0, 0.05) is 24.5 Å². The smallest absolute Gasteiger partial charge is 0.161 e. The molecule has 2 aromatic rings. The summed E-state index contributed by atoms with van der Waals surface area (Å²) in [6.07, 6.45) is 3.34. The van der Waals surface area contributed by atoms with Crippen LogP contribution in [-0.4, -0.2) is 63.3 Å². The zero-order valence-corrected chi connectivity index (χ0v) is 21.2. The standard InChI is InChI=1S/C28H43N3O2/c1-22-20-30(3)23(2)19-28(22,25-10-7-6-8-11-25)14-17-31(16-9-15-29)21-24-12-13-26(32-4)27(18-24)33-5/h6-8,10-13,18,22-23H,9,14-17,19-21,29H2,1-5H3/t22-,23+,28-/m1/s1. The topological polar surface area (TPSA) is 51.0 Å². The van der Waals surface area contributed by atoms with Crippen LogP contribution in [0, 0.1) is 5.92 Å². The molecule has 33 heavy (non-hydrogen) atoms. The SMILES string of the molecule is COc1ccc(CN(CCCN)CC[C@@]2(c3ccccc3)C[C@H](C)N(C)C[C@H]2C)cc1OC. The number of nitrogens with zero attached hydrogens (tertiary/aromatic N) is 2. The number of methoxy groups -OCH3 is 2. The first kappa shape index (κ1) is 25.5. The molecule has 0 unspecified atom stereocenters. The van der Waals surface area contributed by atoms with E-state index in [1.807, 2.05) is 6.07 Å². The Kier molecular flexibility index (Phi) is 9.19. The number of nitrogens with two attached hydrogens (primary N) is 1. The van der Waals surface area contributed by atoms with E-state index >= 15 is 0 Å². The lowest BCUT2D eigenvalue weighted by Crippen LogP contribution is -2.52. The Morgan fingerprint density at radius 3 is 2.42 bits per heavy atom. The molecule has 0 spiro atoms. The van der Waals surface area contributed by atoms with E-state index in [9.17, 15) is 0 Å². The Morgan fingerprint density at radius 1 is 1.03 bits per heavy atom. The van der Waals surface area contributed by atoms with Gasteiger partial charge in [0.05, 0.1) is 14.2 Å². The fourth-order valence-corrected chi connectivity index (χ4v) is 5.52. The number of rotatable bonds is 11. The first-order valence-corrected chi connectivity index (χ1v) is 12.3. The van der Waals surface area contributed by atoms with Gasteiger partial charge in [0.1, 0.15) is 0 Å². The molecule has 0 aromatic heterocycles. The molecule has 5 nitrogen and oxygen atoms in total. The van der Waals surface area contributed by atoms with Crippen LogP contribution in [0.25, 0.3) is 0 Å². The summed E-state index contributed by atoms with van der Waals surface area (Å²) >= 11 is 0. The molecule has 1 saturated heterocycles. The lowest BCUT2D eigenvalue weighted by Gasteiger charge is -2.50. The Morgan fingerprint density at radius 2 is 1.76 bits per heavy atom. The maximum absolute atomic E-state index is 5.90. The van der Waals surface area contributed by atoms with Crippen LogP contribution < -0.4 is 15.2 Å². The van der Waals surface area contributed by atoms with E-state index in [1.54, 1.807) is 14.2 Å². The van der Waals surface area contributed by atoms with Crippen LogP contribution in [0.15, 0.2) is 48.5 Å². The minimum atomic E-state index is 0.186. The second kappa shape index (κ2) is 11.9. The van der Waals surface area contributed by atoms with Crippen LogP contribution >= 0.6 is 0 Å². The van der Waals surface area contributed by atoms with Gasteiger partial charge in [-0.2, -0.15) is 0 Å². The van der Waals surface area contributed by atoms with Crippen molar-refractivity contribution in [1.82, 2.24) is 9.80 Å². The molecule has 2 N–H and O–H groups in total. The van der Waals surface area contributed by atoms with Crippen molar-refractivity contribution < 1.29 is 9.47 Å². The van der Waals surface area contributed by atoms with Gasteiger partial charge in [0.15, 0.2) is 11.5 Å². The van der Waals surface area contributed by atoms with E-state index in [2.05, 4.69) is 73.2 Å². The summed E-state index contributed by atoms with van der Waals surface area (Å²) in [7, 11) is 5.64. The van der Waals surface area contributed by atoms with Gasteiger partial charge in [0.2, 0.25) is 0 Å². The first-order chi connectivity index (χ1) is 15.9. The molecule has 0 aliphatic carbocycles. The van der Waals surface area contributed by atoms with Crippen LogP contribution in [0.4, 0.5) is 0 Å². The molecular weight excluding hydrogens is 410 g/mol. The van der Waals surface area contributed by atoms with E-state index in [1.165, 1.54) is 17.5 Å². The minimum Gasteiger partial charge on any atom is -0.493 e. The molecular formula is C28H43N3O2. The third-order valence-electron chi connectivity index (χ3n) is 7.67. The summed E-state index contributed by atoms with van der Waals surface area (Å²) in [4.78, 5) is 5.08. The van der Waals surface area contributed by atoms with Crippen molar-refractivity contribution in [3.63, 3.8) is 0 Å². The summed E-state index contributed by atoms with van der Waals surface area (Å²) < 4.78 is 11.0. The van der Waals surface area contributed by atoms with Gasteiger partial charge in [-0.3, -0.25) is 4.90 Å². The molecule has 5 heteroatoms. The van der Waals surface area contributed by atoms with Gasteiger partial charge in [-0.05, 0) is 82.0 Å². The van der Waals surface area contributed by atoms with Crippen molar-refractivity contribution in [2.75, 3.05) is 47.4 Å². The maximum Gasteiger partial charge on any atom is 0.161 e. The monoisotopic (exact) mass is 453 g/mol. The third kappa shape index (κ3) is 6.08. The molecule has 0 bridgehead atoms. The fraction of sp³-hybridized carbons (Fsp3) is 0.571. The third-order valence-corrected chi connectivity index (χ3v) is 7.67. The van der Waals surface area contributed by atoms with Gasteiger partial charge < -0.3 is 20.1 Å². The molecule has 1 aliphatic rings. The summed E-state index contributed by atoms with van der Waals surface area (Å²) in [6.45, 7) is 9.59. The average Bonchev–Trinajstić information content (AvgIpc) is 2.84. The van der Waals surface area contributed by atoms with Crippen LogP contribution in [-0.2, 0) is 12.0 Å². The summed E-state index contributed by atoms with van der Waals surface area (Å²) in [5.41, 5.74) is 8.81. The fourth-order valence-electron chi connectivity index (χ4n) is 5.52. The molecule has 1 fully saturated rings. The van der Waals surface area contributed by atoms with Gasteiger partial charge >= 0.3 is 0 Å². The highest BCUT2D eigenvalue weighted by molar-refractivity contribution is 5.42. The lowest BCUT2D eigenvalue weighted by atomic mass is 9.63. The summed E-state index contributed by atoms with van der Waals surface area (Å²) in [5.74, 6) is 2.15. The Hall–Kier alpha value is -2.08. The molecule has 1 aliphatic heterocycles. The molecule has 182 valence electrons. The van der Waals surface area contributed by atoms with Crippen LogP contribution in [0.5, 0.6) is 11.5 Å². The molecule has 0 amide bonds. The van der Waals surface area contributed by atoms with Crippen molar-refractivity contribution in [3.8, 4) is 11.5 Å². The highest BCUT2D eigenvalue weighted by Crippen LogP contribution is 2.44. The van der Waals surface area contributed by atoms with E-state index < -0.39 is 0 Å². The van der Waals surface area contributed by atoms with E-state index in [4.69, 9.17) is 15.2 Å². The minimum absolute atomic E-state index is 0.186. The number of ether oxygens (including phenoxy) is 2. The number of benzene rings is 2. The molecule has 0 radical (unpaired) electrons. The van der Waals surface area contributed by atoms with Gasteiger partial charge in [0.25, 0.3) is 0 Å². The second-order valence-corrected chi connectivity index (χ2v) is 9.77. The van der Waals surface area contributed by atoms with Crippen molar-refractivity contribution in [2.45, 2.75) is 51.1 Å². The number of hydrogen-bond donors (Lipinski definition) is 1. The van der Waals surface area contributed by atoms with Crippen molar-refractivity contribution in [2.24, 2.45) is 11.7 Å². The van der Waals surface area contributed by atoms with Crippen LogP contribution in [0.2, 0.25) is 0 Å². The largest absolute Gasteiger partial charge is 0.493 e. The number of hydrogen-bond acceptors (Lipinski definition) is 5. The highest BCUT2D eigenvalue weighted by Gasteiger charge is 2.43. The highest BCUT2D eigenvalue weighted by atomic mass is 16.5. The molecule has 0 saturated carbocycles. The van der Waals surface area contributed by atoms with Crippen LogP contribution in [0.1, 0.15) is 44.2 Å². The normalized spacial score (nSPS) is 23.6. The molecule has 3 atom stereocenters. The van der Waals surface area contributed by atoms with E-state index in [0.717, 1.165) is 50.5 Å². The summed E-state index contributed by atoms with van der Waals surface area (Å²) in [6, 6.07) is 18.0. The molecule has 1 heterocycles. The van der Waals surface area contributed by atoms with E-state index in [0.29, 0.717) is 18.5 Å². The molecule has 3 rings (SSSR count). The summed E-state index contributed by atoms with van der Waals surface area (Å²) in [5, 5.41) is 0. The van der Waals surface area contributed by atoms with Gasteiger partial charge in [-0.1, -0.05) is 43.3 Å². The maximum atomic E-state index is 5.90. The van der Waals surface area contributed by atoms with Crippen molar-refractivity contribution >= 4 is 0 Å². The predicted octanol–water partition coefficient (Wildman–Crippen LogP) is 4.54. The Labute approximate surface area is 200 Å². The predicted molar refractivity (Wildman–Crippen MR) is 137 cm³/mol. The van der Waals surface area contributed by atoms with Crippen molar-refractivity contribution in [3.05, 3.63) is 59.7 Å².